The van der Waals surface area contributed by atoms with Gasteiger partial charge in [-0.3, -0.25) is 4.57 Å². The van der Waals surface area contributed by atoms with Gasteiger partial charge in [-0.05, 0) is 24.3 Å². The minimum Gasteiger partial charge on any atom is -0.542 e. The van der Waals surface area contributed by atoms with E-state index in [1.165, 1.54) is 10.8 Å². The maximum atomic E-state index is 10.8. The molecule has 0 unspecified atom stereocenters. The van der Waals surface area contributed by atoms with Gasteiger partial charge in [-0.15, -0.1) is 0 Å². The van der Waals surface area contributed by atoms with Crippen molar-refractivity contribution in [2.45, 2.75) is 0 Å². The summed E-state index contributed by atoms with van der Waals surface area (Å²) < 4.78 is 6.45. The van der Waals surface area contributed by atoms with Gasteiger partial charge in [0.25, 0.3) is 0 Å². The summed E-state index contributed by atoms with van der Waals surface area (Å²) in [6.45, 7) is 0. The highest BCUT2D eigenvalue weighted by Gasteiger charge is 2.05. The molecule has 0 amide bonds. The third-order valence-electron chi connectivity index (χ3n) is 2.17. The predicted molar refractivity (Wildman–Crippen MR) is 54.4 cm³/mol. The van der Waals surface area contributed by atoms with E-state index in [0.717, 1.165) is 0 Å². The Morgan fingerprint density at radius 2 is 2.06 bits per heavy atom. The number of ether oxygens (including phenoxy) is 1. The Morgan fingerprint density at radius 1 is 1.38 bits per heavy atom. The average Bonchev–Trinajstić information content (AvgIpc) is 2.78. The number of nitrogens with zero attached hydrogens (tertiary/aromatic N) is 2. The monoisotopic (exact) mass is 217 g/mol. The molecule has 16 heavy (non-hydrogen) atoms. The highest BCUT2D eigenvalue weighted by Crippen LogP contribution is 2.15. The second-order valence-electron chi connectivity index (χ2n) is 3.11. The van der Waals surface area contributed by atoms with E-state index in [2.05, 4.69) is 4.98 Å². The fraction of sp³-hybridized carbons (Fsp3) is 0.0909. The summed E-state index contributed by atoms with van der Waals surface area (Å²) in [6, 6.07) is 6.97. The van der Waals surface area contributed by atoms with Gasteiger partial charge in [0.2, 0.25) is 0 Å². The molecule has 0 aliphatic carbocycles. The lowest BCUT2D eigenvalue weighted by Gasteiger charge is -2.08. The van der Waals surface area contributed by atoms with Crippen LogP contribution >= 0.6 is 0 Å². The van der Waals surface area contributed by atoms with E-state index in [1.54, 1.807) is 37.6 Å². The summed E-state index contributed by atoms with van der Waals surface area (Å²) in [5.74, 6) is -0.718. The SMILES string of the molecule is COc1ccc(-n2ccnc2C(=O)[O-])cc1. The van der Waals surface area contributed by atoms with Crippen LogP contribution in [0.4, 0.5) is 0 Å². The zero-order valence-electron chi connectivity index (χ0n) is 8.58. The summed E-state index contributed by atoms with van der Waals surface area (Å²) in [4.78, 5) is 14.5. The maximum absolute atomic E-state index is 10.8. The number of hydrogen-bond acceptors (Lipinski definition) is 4. The highest BCUT2D eigenvalue weighted by molar-refractivity contribution is 5.82. The largest absolute Gasteiger partial charge is 0.542 e. The zero-order chi connectivity index (χ0) is 11.5. The summed E-state index contributed by atoms with van der Waals surface area (Å²) >= 11 is 0. The van der Waals surface area contributed by atoms with Crippen LogP contribution in [0.25, 0.3) is 5.69 Å². The number of rotatable bonds is 3. The van der Waals surface area contributed by atoms with E-state index in [9.17, 15) is 9.90 Å². The van der Waals surface area contributed by atoms with Crippen LogP contribution in [0.2, 0.25) is 0 Å². The minimum atomic E-state index is -1.30. The van der Waals surface area contributed by atoms with E-state index < -0.39 is 5.97 Å². The van der Waals surface area contributed by atoms with Crippen molar-refractivity contribution < 1.29 is 14.6 Å². The molecule has 5 nitrogen and oxygen atoms in total. The Labute approximate surface area is 91.9 Å². The number of carboxylic acid groups (broad SMARTS) is 1. The molecule has 0 atom stereocenters. The number of methoxy groups -OCH3 is 1. The van der Waals surface area contributed by atoms with Gasteiger partial charge in [0.15, 0.2) is 5.82 Å². The fourth-order valence-electron chi connectivity index (χ4n) is 1.41. The first-order valence-electron chi connectivity index (χ1n) is 4.61. The molecule has 2 aromatic rings. The molecule has 0 aliphatic heterocycles. The number of aromatic carboxylic acids is 1. The minimum absolute atomic E-state index is 0.120. The Bertz CT molecular complexity index is 502. The molecule has 0 saturated heterocycles. The smallest absolute Gasteiger partial charge is 0.160 e. The van der Waals surface area contributed by atoms with Crippen LogP contribution in [0.5, 0.6) is 5.75 Å². The number of carbonyl (C=O) groups excluding carboxylic acids is 1. The van der Waals surface area contributed by atoms with Crippen LogP contribution in [0, 0.1) is 0 Å². The van der Waals surface area contributed by atoms with E-state index in [4.69, 9.17) is 4.74 Å². The highest BCUT2D eigenvalue weighted by atomic mass is 16.5. The Kier molecular flexibility index (Phi) is 2.59. The Balaban J connectivity index is 2.42. The molecular weight excluding hydrogens is 208 g/mol. The van der Waals surface area contributed by atoms with Crippen molar-refractivity contribution in [1.82, 2.24) is 9.55 Å². The third kappa shape index (κ3) is 1.75. The van der Waals surface area contributed by atoms with Crippen molar-refractivity contribution in [2.75, 3.05) is 7.11 Å². The molecule has 0 radical (unpaired) electrons. The van der Waals surface area contributed by atoms with Crippen LogP contribution in [0.1, 0.15) is 10.6 Å². The first-order valence-corrected chi connectivity index (χ1v) is 4.61. The lowest BCUT2D eigenvalue weighted by Crippen LogP contribution is -2.26. The quantitative estimate of drug-likeness (QED) is 0.738. The van der Waals surface area contributed by atoms with Crippen molar-refractivity contribution in [3.05, 3.63) is 42.5 Å². The van der Waals surface area contributed by atoms with Gasteiger partial charge in [0.1, 0.15) is 11.7 Å². The summed E-state index contributed by atoms with van der Waals surface area (Å²) in [6.07, 6.45) is 2.97. The van der Waals surface area contributed by atoms with Crippen molar-refractivity contribution in [3.63, 3.8) is 0 Å². The summed E-state index contributed by atoms with van der Waals surface area (Å²) in [7, 11) is 1.57. The molecule has 0 saturated carbocycles. The Hall–Kier alpha value is -2.30. The Morgan fingerprint density at radius 3 is 2.62 bits per heavy atom. The molecule has 1 heterocycles. The van der Waals surface area contributed by atoms with Gasteiger partial charge in [0.05, 0.1) is 7.11 Å². The van der Waals surface area contributed by atoms with Gasteiger partial charge in [0, 0.05) is 18.1 Å². The molecule has 5 heteroatoms. The van der Waals surface area contributed by atoms with Gasteiger partial charge < -0.3 is 14.6 Å². The maximum Gasteiger partial charge on any atom is 0.160 e. The second-order valence-corrected chi connectivity index (χ2v) is 3.11. The molecule has 82 valence electrons. The summed E-state index contributed by atoms with van der Waals surface area (Å²) in [5, 5.41) is 10.8. The number of carbonyl (C=O) groups is 1. The molecule has 0 aliphatic rings. The topological polar surface area (TPSA) is 67.2 Å². The molecule has 0 spiro atoms. The third-order valence-corrected chi connectivity index (χ3v) is 2.17. The lowest BCUT2D eigenvalue weighted by atomic mass is 10.3. The van der Waals surface area contributed by atoms with Gasteiger partial charge in [-0.1, -0.05) is 0 Å². The number of carboxylic acids is 1. The molecule has 1 aromatic carbocycles. The number of hydrogen-bond donors (Lipinski definition) is 0. The van der Waals surface area contributed by atoms with Crippen molar-refractivity contribution >= 4 is 5.97 Å². The van der Waals surface area contributed by atoms with Crippen molar-refractivity contribution in [2.24, 2.45) is 0 Å². The second kappa shape index (κ2) is 4.06. The number of benzene rings is 1. The fourth-order valence-corrected chi connectivity index (χ4v) is 1.41. The van der Waals surface area contributed by atoms with E-state index >= 15 is 0 Å². The molecule has 0 fully saturated rings. The van der Waals surface area contributed by atoms with Crippen LogP contribution < -0.4 is 9.84 Å². The van der Waals surface area contributed by atoms with Crippen molar-refractivity contribution in [1.29, 1.82) is 0 Å². The molecule has 0 bridgehead atoms. The van der Waals surface area contributed by atoms with Crippen molar-refractivity contribution in [3.8, 4) is 11.4 Å². The van der Waals surface area contributed by atoms with Crippen LogP contribution in [-0.2, 0) is 0 Å². The standard InChI is InChI=1S/C11H10N2O3/c1-16-9-4-2-8(3-5-9)13-7-6-12-10(13)11(14)15/h2-7H,1H3,(H,14,15)/p-1. The average molecular weight is 217 g/mol. The normalized spacial score (nSPS) is 10.1. The van der Waals surface area contributed by atoms with Gasteiger partial charge in [-0.2, -0.15) is 0 Å². The van der Waals surface area contributed by atoms with Crippen LogP contribution in [-0.4, -0.2) is 22.6 Å². The van der Waals surface area contributed by atoms with Crippen LogP contribution in [0.3, 0.4) is 0 Å². The van der Waals surface area contributed by atoms with Gasteiger partial charge in [-0.25, -0.2) is 4.98 Å². The summed E-state index contributed by atoms with van der Waals surface area (Å²) in [5.41, 5.74) is 0.692. The van der Waals surface area contributed by atoms with Gasteiger partial charge >= 0.3 is 0 Å². The van der Waals surface area contributed by atoms with E-state index in [1.807, 2.05) is 0 Å². The first kappa shape index (κ1) is 10.2. The molecule has 2 rings (SSSR count). The lowest BCUT2D eigenvalue weighted by molar-refractivity contribution is -0.256. The van der Waals surface area contributed by atoms with Crippen LogP contribution in [0.15, 0.2) is 36.7 Å². The predicted octanol–water partition coefficient (Wildman–Crippen LogP) is 0.244. The first-order chi connectivity index (χ1) is 7.72. The molecule has 1 aromatic heterocycles. The molecule has 0 N–H and O–H groups in total. The zero-order valence-corrected chi connectivity index (χ0v) is 8.58. The molecular formula is C11H9N2O3-. The number of aromatic nitrogens is 2. The van der Waals surface area contributed by atoms with E-state index in [-0.39, 0.29) is 5.82 Å². The number of imidazole rings is 1. The van der Waals surface area contributed by atoms with E-state index in [0.29, 0.717) is 11.4 Å².